The number of aromatic nitrogens is 5. The molecule has 2 N–H and O–H groups in total. The average Bonchev–Trinajstić information content (AvgIpc) is 3.00. The van der Waals surface area contributed by atoms with E-state index in [2.05, 4.69) is 30.8 Å². The van der Waals surface area contributed by atoms with Gasteiger partial charge in [0.25, 0.3) is 0 Å². The van der Waals surface area contributed by atoms with Gasteiger partial charge >= 0.3 is 0 Å². The Labute approximate surface area is 147 Å². The number of sulfone groups is 1. The summed E-state index contributed by atoms with van der Waals surface area (Å²) < 4.78 is 26.0. The molecule has 1 aliphatic rings. The van der Waals surface area contributed by atoms with Gasteiger partial charge in [0.2, 0.25) is 5.95 Å². The van der Waals surface area contributed by atoms with Gasteiger partial charge in [0.1, 0.15) is 17.0 Å². The van der Waals surface area contributed by atoms with Gasteiger partial charge in [-0.1, -0.05) is 0 Å². The minimum atomic E-state index is -3.36. The fourth-order valence-electron chi connectivity index (χ4n) is 2.95. The van der Waals surface area contributed by atoms with Crippen molar-refractivity contribution in [3.8, 4) is 0 Å². The lowest BCUT2D eigenvalue weighted by Gasteiger charge is -2.24. The number of rotatable bonds is 6. The van der Waals surface area contributed by atoms with Gasteiger partial charge in [-0.2, -0.15) is 0 Å². The first kappa shape index (κ1) is 17.7. The lowest BCUT2D eigenvalue weighted by atomic mass is 9.96. The highest BCUT2D eigenvalue weighted by Gasteiger charge is 2.25. The predicted molar refractivity (Wildman–Crippen MR) is 93.2 cm³/mol. The van der Waals surface area contributed by atoms with Crippen LogP contribution in [0.2, 0.25) is 0 Å². The second-order valence-electron chi connectivity index (χ2n) is 6.29. The largest absolute Gasteiger partial charge is 0.354 e. The molecule has 3 heterocycles. The molecule has 1 atom stereocenters. The third-order valence-corrected chi connectivity index (χ3v) is 5.42. The van der Waals surface area contributed by atoms with E-state index in [1.807, 2.05) is 11.6 Å². The summed E-state index contributed by atoms with van der Waals surface area (Å²) in [6.45, 7) is 2.28. The molecule has 0 radical (unpaired) electrons. The highest BCUT2D eigenvalue weighted by Crippen LogP contribution is 2.27. The molecule has 9 nitrogen and oxygen atoms in total. The summed E-state index contributed by atoms with van der Waals surface area (Å²) in [5, 5.41) is 14.3. The van der Waals surface area contributed by atoms with E-state index in [4.69, 9.17) is 0 Å². The summed E-state index contributed by atoms with van der Waals surface area (Å²) in [4.78, 5) is 8.92. The molecule has 0 spiro atoms. The van der Waals surface area contributed by atoms with E-state index >= 15 is 0 Å². The van der Waals surface area contributed by atoms with Crippen molar-refractivity contribution in [1.29, 1.82) is 0 Å². The van der Waals surface area contributed by atoms with E-state index in [1.165, 1.54) is 12.5 Å². The average molecular weight is 365 g/mol. The molecule has 0 amide bonds. The summed E-state index contributed by atoms with van der Waals surface area (Å²) in [6.07, 6.45) is 6.87. The molecule has 0 aliphatic carbocycles. The van der Waals surface area contributed by atoms with Crippen molar-refractivity contribution < 1.29 is 8.42 Å². The Hall–Kier alpha value is -2.07. The maximum Gasteiger partial charge on any atom is 0.222 e. The van der Waals surface area contributed by atoms with Gasteiger partial charge in [0.15, 0.2) is 9.84 Å². The van der Waals surface area contributed by atoms with Crippen LogP contribution in [0, 0.1) is 0 Å². The van der Waals surface area contributed by atoms with Crippen molar-refractivity contribution >= 4 is 15.8 Å². The van der Waals surface area contributed by atoms with Gasteiger partial charge in [-0.25, -0.2) is 18.4 Å². The van der Waals surface area contributed by atoms with Crippen LogP contribution < -0.4 is 10.6 Å². The van der Waals surface area contributed by atoms with Crippen LogP contribution in [0.1, 0.15) is 30.3 Å². The fraction of sp³-hybridized carbons (Fsp3) is 0.600. The SMILES string of the molecule is Cn1cnnc1CCNc1ncc(S(C)(=O)=O)c(C2CCCNC2)n1. The highest BCUT2D eigenvalue weighted by atomic mass is 32.2. The van der Waals surface area contributed by atoms with Crippen LogP contribution in [-0.4, -0.2) is 59.0 Å². The van der Waals surface area contributed by atoms with E-state index in [1.54, 1.807) is 6.33 Å². The van der Waals surface area contributed by atoms with E-state index in [9.17, 15) is 8.42 Å². The van der Waals surface area contributed by atoms with Crippen LogP contribution in [0.25, 0.3) is 0 Å². The molecule has 2 aromatic heterocycles. The topological polar surface area (TPSA) is 115 Å². The smallest absolute Gasteiger partial charge is 0.222 e. The molecular weight excluding hydrogens is 342 g/mol. The van der Waals surface area contributed by atoms with Crippen molar-refractivity contribution in [2.75, 3.05) is 31.2 Å². The summed E-state index contributed by atoms with van der Waals surface area (Å²) in [5.41, 5.74) is 0.603. The van der Waals surface area contributed by atoms with Crippen LogP contribution in [0.4, 0.5) is 5.95 Å². The maximum absolute atomic E-state index is 12.1. The Morgan fingerprint density at radius 3 is 2.92 bits per heavy atom. The van der Waals surface area contributed by atoms with E-state index in [-0.39, 0.29) is 10.8 Å². The molecule has 10 heteroatoms. The summed E-state index contributed by atoms with van der Waals surface area (Å²) in [7, 11) is -1.47. The number of hydrogen-bond donors (Lipinski definition) is 2. The van der Waals surface area contributed by atoms with Gasteiger partial charge in [-0.05, 0) is 19.4 Å². The summed E-state index contributed by atoms with van der Waals surface area (Å²) in [5.74, 6) is 1.38. The number of aryl methyl sites for hydroxylation is 1. The molecule has 1 saturated heterocycles. The van der Waals surface area contributed by atoms with Gasteiger partial charge in [-0.3, -0.25) is 0 Å². The number of anilines is 1. The van der Waals surface area contributed by atoms with Crippen molar-refractivity contribution in [3.63, 3.8) is 0 Å². The third kappa shape index (κ3) is 4.31. The first-order chi connectivity index (χ1) is 11.9. The van der Waals surface area contributed by atoms with Crippen LogP contribution >= 0.6 is 0 Å². The lowest BCUT2D eigenvalue weighted by molar-refractivity contribution is 0.448. The van der Waals surface area contributed by atoms with Crippen LogP contribution in [0.5, 0.6) is 0 Å². The second-order valence-corrected chi connectivity index (χ2v) is 8.28. The molecule has 136 valence electrons. The molecule has 0 aromatic carbocycles. The van der Waals surface area contributed by atoms with Crippen LogP contribution in [0.3, 0.4) is 0 Å². The second kappa shape index (κ2) is 7.44. The summed E-state index contributed by atoms with van der Waals surface area (Å²) >= 11 is 0. The minimum Gasteiger partial charge on any atom is -0.354 e. The quantitative estimate of drug-likeness (QED) is 0.742. The molecule has 3 rings (SSSR count). The Bertz CT molecular complexity index is 828. The molecule has 0 saturated carbocycles. The first-order valence-corrected chi connectivity index (χ1v) is 10.2. The predicted octanol–water partition coefficient (Wildman–Crippen LogP) is 0.130. The normalized spacial score (nSPS) is 18.2. The van der Waals surface area contributed by atoms with Crippen molar-refractivity contribution in [1.82, 2.24) is 30.0 Å². The summed E-state index contributed by atoms with van der Waals surface area (Å²) in [6, 6.07) is 0. The number of piperidine rings is 1. The van der Waals surface area contributed by atoms with Gasteiger partial charge in [0.05, 0.1) is 11.9 Å². The zero-order chi connectivity index (χ0) is 17.9. The number of hydrogen-bond acceptors (Lipinski definition) is 8. The first-order valence-electron chi connectivity index (χ1n) is 8.29. The zero-order valence-corrected chi connectivity index (χ0v) is 15.3. The molecule has 1 unspecified atom stereocenters. The Kier molecular flexibility index (Phi) is 5.28. The van der Waals surface area contributed by atoms with Gasteiger partial charge in [0, 0.05) is 38.7 Å². The van der Waals surface area contributed by atoms with E-state index in [0.29, 0.717) is 24.6 Å². The van der Waals surface area contributed by atoms with Gasteiger partial charge < -0.3 is 15.2 Å². The van der Waals surface area contributed by atoms with Crippen molar-refractivity contribution in [2.24, 2.45) is 7.05 Å². The maximum atomic E-state index is 12.1. The van der Waals surface area contributed by atoms with Gasteiger partial charge in [-0.15, -0.1) is 10.2 Å². The molecule has 2 aromatic rings. The van der Waals surface area contributed by atoms with Crippen molar-refractivity contribution in [3.05, 3.63) is 24.0 Å². The third-order valence-electron chi connectivity index (χ3n) is 4.30. The lowest BCUT2D eigenvalue weighted by Crippen LogP contribution is -2.30. The Morgan fingerprint density at radius 1 is 1.44 bits per heavy atom. The molecule has 1 aliphatic heterocycles. The molecule has 0 bridgehead atoms. The number of nitrogens with one attached hydrogen (secondary N) is 2. The number of nitrogens with zero attached hydrogens (tertiary/aromatic N) is 5. The monoisotopic (exact) mass is 365 g/mol. The molecular formula is C15H23N7O2S. The highest BCUT2D eigenvalue weighted by molar-refractivity contribution is 7.90. The molecule has 25 heavy (non-hydrogen) atoms. The van der Waals surface area contributed by atoms with Crippen LogP contribution in [-0.2, 0) is 23.3 Å². The van der Waals surface area contributed by atoms with Crippen molar-refractivity contribution in [2.45, 2.75) is 30.1 Å². The fourth-order valence-corrected chi connectivity index (χ4v) is 3.79. The molecule has 1 fully saturated rings. The van der Waals surface area contributed by atoms with Crippen LogP contribution in [0.15, 0.2) is 17.4 Å². The Balaban J connectivity index is 1.77. The standard InChI is InChI=1S/C15H23N7O2S/c1-22-10-19-21-13(22)5-7-17-15-18-9-12(25(2,23)24)14(20-15)11-4-3-6-16-8-11/h9-11,16H,3-8H2,1-2H3,(H,17,18,20). The van der Waals surface area contributed by atoms with E-state index in [0.717, 1.165) is 31.8 Å². The zero-order valence-electron chi connectivity index (χ0n) is 14.4. The van der Waals surface area contributed by atoms with E-state index < -0.39 is 9.84 Å². The Morgan fingerprint density at radius 2 is 2.28 bits per heavy atom. The minimum absolute atomic E-state index is 0.0840.